The van der Waals surface area contributed by atoms with Crippen LogP contribution in [0.5, 0.6) is 11.5 Å². The standard InChI is InChI=1S/C26H21Cl2NO4S/c1-2-32-23-13-17(10-11-22(23)33-16-19-7-3-4-9-21(19)28)14-24-25(30)29(26(31)34-24)15-18-6-5-8-20(27)12-18/h3-14H,2,15-16H2,1H3/b24-14-. The van der Waals surface area contributed by atoms with Gasteiger partial charge in [-0.3, -0.25) is 14.5 Å². The number of carbonyl (C=O) groups excluding carboxylic acids is 2. The van der Waals surface area contributed by atoms with Crippen molar-refractivity contribution in [1.82, 2.24) is 4.90 Å². The first-order valence-electron chi connectivity index (χ1n) is 10.6. The first-order chi connectivity index (χ1) is 16.4. The van der Waals surface area contributed by atoms with E-state index in [9.17, 15) is 9.59 Å². The van der Waals surface area contributed by atoms with Crippen LogP contribution in [0, 0.1) is 0 Å². The van der Waals surface area contributed by atoms with Crippen molar-refractivity contribution in [3.8, 4) is 11.5 Å². The lowest BCUT2D eigenvalue weighted by Crippen LogP contribution is -2.27. The topological polar surface area (TPSA) is 55.8 Å². The highest BCUT2D eigenvalue weighted by molar-refractivity contribution is 8.18. The lowest BCUT2D eigenvalue weighted by atomic mass is 10.1. The SMILES string of the molecule is CCOc1cc(/C=C2\SC(=O)N(Cc3cccc(Cl)c3)C2=O)ccc1OCc1ccccc1Cl. The van der Waals surface area contributed by atoms with Crippen LogP contribution >= 0.6 is 35.0 Å². The van der Waals surface area contributed by atoms with Gasteiger partial charge in [-0.05, 0) is 66.2 Å². The number of ether oxygens (including phenoxy) is 2. The Hall–Kier alpha value is -2.93. The summed E-state index contributed by atoms with van der Waals surface area (Å²) in [6.45, 7) is 2.79. The molecule has 4 rings (SSSR count). The number of benzene rings is 3. The molecule has 0 unspecified atom stereocenters. The predicted molar refractivity (Wildman–Crippen MR) is 136 cm³/mol. The Morgan fingerprint density at radius 2 is 1.76 bits per heavy atom. The van der Waals surface area contributed by atoms with Gasteiger partial charge in [0.05, 0.1) is 18.1 Å². The summed E-state index contributed by atoms with van der Waals surface area (Å²) >= 11 is 13.2. The molecular formula is C26H21Cl2NO4S. The number of rotatable bonds is 8. The van der Waals surface area contributed by atoms with E-state index < -0.39 is 0 Å². The number of nitrogens with zero attached hydrogens (tertiary/aromatic N) is 1. The summed E-state index contributed by atoms with van der Waals surface area (Å²) in [7, 11) is 0. The molecule has 0 bridgehead atoms. The lowest BCUT2D eigenvalue weighted by molar-refractivity contribution is -0.123. The van der Waals surface area contributed by atoms with Crippen molar-refractivity contribution < 1.29 is 19.1 Å². The summed E-state index contributed by atoms with van der Waals surface area (Å²) in [6.07, 6.45) is 1.68. The summed E-state index contributed by atoms with van der Waals surface area (Å²) in [5.74, 6) is 0.765. The highest BCUT2D eigenvalue weighted by Crippen LogP contribution is 2.36. The van der Waals surface area contributed by atoms with Gasteiger partial charge >= 0.3 is 0 Å². The monoisotopic (exact) mass is 513 g/mol. The van der Waals surface area contributed by atoms with Crippen molar-refractivity contribution in [3.05, 3.63) is 98.4 Å². The van der Waals surface area contributed by atoms with Gasteiger partial charge in [-0.1, -0.05) is 59.6 Å². The molecule has 3 aromatic rings. The van der Waals surface area contributed by atoms with Gasteiger partial charge in [-0.2, -0.15) is 0 Å². The van der Waals surface area contributed by atoms with E-state index in [0.717, 1.165) is 28.5 Å². The van der Waals surface area contributed by atoms with Gasteiger partial charge in [0.15, 0.2) is 11.5 Å². The van der Waals surface area contributed by atoms with Gasteiger partial charge in [-0.25, -0.2) is 0 Å². The van der Waals surface area contributed by atoms with Crippen LogP contribution in [0.1, 0.15) is 23.6 Å². The fourth-order valence-corrected chi connectivity index (χ4v) is 4.62. The number of halogens is 2. The third kappa shape index (κ3) is 5.76. The second kappa shape index (κ2) is 11.0. The van der Waals surface area contributed by atoms with Crippen molar-refractivity contribution >= 4 is 52.2 Å². The Morgan fingerprint density at radius 1 is 0.941 bits per heavy atom. The van der Waals surface area contributed by atoms with Crippen LogP contribution in [-0.2, 0) is 17.9 Å². The Labute approximate surface area is 212 Å². The van der Waals surface area contributed by atoms with Crippen molar-refractivity contribution in [3.63, 3.8) is 0 Å². The molecule has 1 saturated heterocycles. The molecule has 1 aliphatic rings. The summed E-state index contributed by atoms with van der Waals surface area (Å²) < 4.78 is 11.7. The largest absolute Gasteiger partial charge is 0.490 e. The molecule has 1 heterocycles. The number of carbonyl (C=O) groups is 2. The van der Waals surface area contributed by atoms with Gasteiger partial charge < -0.3 is 9.47 Å². The van der Waals surface area contributed by atoms with E-state index in [0.29, 0.717) is 39.7 Å². The van der Waals surface area contributed by atoms with Gasteiger partial charge in [0.1, 0.15) is 6.61 Å². The zero-order valence-electron chi connectivity index (χ0n) is 18.3. The quantitative estimate of drug-likeness (QED) is 0.298. The van der Waals surface area contributed by atoms with Gasteiger partial charge in [0.2, 0.25) is 0 Å². The number of hydrogen-bond acceptors (Lipinski definition) is 5. The molecule has 0 atom stereocenters. The fourth-order valence-electron chi connectivity index (χ4n) is 3.38. The van der Waals surface area contributed by atoms with Crippen LogP contribution in [0.15, 0.2) is 71.6 Å². The number of amides is 2. The maximum absolute atomic E-state index is 12.9. The minimum Gasteiger partial charge on any atom is -0.490 e. The normalized spacial score (nSPS) is 14.7. The minimum absolute atomic E-state index is 0.168. The molecule has 2 amide bonds. The zero-order valence-corrected chi connectivity index (χ0v) is 20.6. The molecule has 0 radical (unpaired) electrons. The first-order valence-corrected chi connectivity index (χ1v) is 12.1. The van der Waals surface area contributed by atoms with Crippen LogP contribution in [0.2, 0.25) is 10.0 Å². The van der Waals surface area contributed by atoms with Crippen molar-refractivity contribution in [2.45, 2.75) is 20.1 Å². The Balaban J connectivity index is 1.51. The average Bonchev–Trinajstić information content (AvgIpc) is 3.07. The highest BCUT2D eigenvalue weighted by atomic mass is 35.5. The summed E-state index contributed by atoms with van der Waals surface area (Å²) in [5.41, 5.74) is 2.38. The van der Waals surface area contributed by atoms with Crippen LogP contribution < -0.4 is 9.47 Å². The maximum atomic E-state index is 12.9. The lowest BCUT2D eigenvalue weighted by Gasteiger charge is -2.13. The molecule has 0 aliphatic carbocycles. The van der Waals surface area contributed by atoms with E-state index in [2.05, 4.69) is 0 Å². The fraction of sp³-hybridized carbons (Fsp3) is 0.154. The van der Waals surface area contributed by atoms with Crippen LogP contribution in [0.25, 0.3) is 6.08 Å². The van der Waals surface area contributed by atoms with Gasteiger partial charge in [-0.15, -0.1) is 0 Å². The van der Waals surface area contributed by atoms with E-state index in [-0.39, 0.29) is 17.7 Å². The third-order valence-electron chi connectivity index (χ3n) is 5.01. The molecule has 1 aliphatic heterocycles. The first kappa shape index (κ1) is 24.2. The van der Waals surface area contributed by atoms with Crippen LogP contribution in [0.4, 0.5) is 4.79 Å². The summed E-state index contributed by atoms with van der Waals surface area (Å²) in [6, 6.07) is 20.0. The zero-order chi connectivity index (χ0) is 24.1. The summed E-state index contributed by atoms with van der Waals surface area (Å²) in [4.78, 5) is 26.9. The predicted octanol–water partition coefficient (Wildman–Crippen LogP) is 7.21. The molecule has 0 aromatic heterocycles. The second-order valence-corrected chi connectivity index (χ2v) is 9.25. The Morgan fingerprint density at radius 3 is 2.53 bits per heavy atom. The second-order valence-electron chi connectivity index (χ2n) is 7.42. The molecule has 34 heavy (non-hydrogen) atoms. The van der Waals surface area contributed by atoms with Gasteiger partial charge in [0.25, 0.3) is 11.1 Å². The van der Waals surface area contributed by atoms with E-state index in [1.807, 2.05) is 43.3 Å². The third-order valence-corrected chi connectivity index (χ3v) is 6.52. The van der Waals surface area contributed by atoms with E-state index >= 15 is 0 Å². The molecular weight excluding hydrogens is 493 g/mol. The van der Waals surface area contributed by atoms with E-state index in [1.54, 1.807) is 36.4 Å². The molecule has 0 saturated carbocycles. The maximum Gasteiger partial charge on any atom is 0.293 e. The van der Waals surface area contributed by atoms with Crippen molar-refractivity contribution in [2.24, 2.45) is 0 Å². The van der Waals surface area contributed by atoms with E-state index in [1.165, 1.54) is 4.90 Å². The number of imide groups is 1. The Bertz CT molecular complexity index is 1260. The molecule has 1 fully saturated rings. The molecule has 5 nitrogen and oxygen atoms in total. The summed E-state index contributed by atoms with van der Waals surface area (Å²) in [5, 5.41) is 0.867. The van der Waals surface area contributed by atoms with Crippen molar-refractivity contribution in [1.29, 1.82) is 0 Å². The Kier molecular flexibility index (Phi) is 7.83. The van der Waals surface area contributed by atoms with Crippen molar-refractivity contribution in [2.75, 3.05) is 6.61 Å². The molecule has 8 heteroatoms. The number of thioether (sulfide) groups is 1. The molecule has 174 valence electrons. The molecule has 0 N–H and O–H groups in total. The van der Waals surface area contributed by atoms with Crippen LogP contribution in [-0.4, -0.2) is 22.7 Å². The highest BCUT2D eigenvalue weighted by Gasteiger charge is 2.35. The molecule has 0 spiro atoms. The minimum atomic E-state index is -0.341. The van der Waals surface area contributed by atoms with E-state index in [4.69, 9.17) is 32.7 Å². The average molecular weight is 514 g/mol. The smallest absolute Gasteiger partial charge is 0.293 e. The molecule has 3 aromatic carbocycles. The van der Waals surface area contributed by atoms with Crippen LogP contribution in [0.3, 0.4) is 0 Å². The van der Waals surface area contributed by atoms with Gasteiger partial charge in [0, 0.05) is 15.6 Å². The number of hydrogen-bond donors (Lipinski definition) is 0.